The molecule has 0 saturated heterocycles. The summed E-state index contributed by atoms with van der Waals surface area (Å²) in [6.07, 6.45) is -3.98. The summed E-state index contributed by atoms with van der Waals surface area (Å²) >= 11 is 0. The Labute approximate surface area is 285 Å². The van der Waals surface area contributed by atoms with Crippen LogP contribution in [-0.2, 0) is 32.0 Å². The number of carboxylic acid groups (broad SMARTS) is 1. The Hall–Kier alpha value is -6.13. The number of guanidine groups is 1. The van der Waals surface area contributed by atoms with Crippen molar-refractivity contribution >= 4 is 41.2 Å². The number of amidine groups is 1. The van der Waals surface area contributed by atoms with Crippen LogP contribution >= 0.6 is 0 Å². The zero-order valence-corrected chi connectivity index (χ0v) is 26.8. The summed E-state index contributed by atoms with van der Waals surface area (Å²) in [4.78, 5) is 48.5. The average molecular weight is 700 g/mol. The molecule has 3 amide bonds. The molecule has 3 aromatic rings. The Morgan fingerprint density at radius 2 is 1.28 bits per heavy atom. The van der Waals surface area contributed by atoms with Crippen LogP contribution in [0.25, 0.3) is 0 Å². The van der Waals surface area contributed by atoms with E-state index in [0.717, 1.165) is 16.7 Å². The molecule has 3 atom stereocenters. The van der Waals surface area contributed by atoms with Gasteiger partial charge in [0.2, 0.25) is 17.7 Å². The lowest BCUT2D eigenvalue weighted by Gasteiger charge is -2.25. The van der Waals surface area contributed by atoms with Crippen LogP contribution in [0.3, 0.4) is 0 Å². The second-order valence-corrected chi connectivity index (χ2v) is 11.0. The maximum atomic E-state index is 13.9. The van der Waals surface area contributed by atoms with E-state index in [1.54, 1.807) is 36.4 Å². The van der Waals surface area contributed by atoms with Gasteiger partial charge in [-0.1, -0.05) is 66.7 Å². The fraction of sp³-hybridized carbons (Fsp3) is 0.273. The highest BCUT2D eigenvalue weighted by atomic mass is 19.4. The highest BCUT2D eigenvalue weighted by Crippen LogP contribution is 2.23. The molecule has 3 aromatic carbocycles. The molecule has 0 radical (unpaired) electrons. The van der Waals surface area contributed by atoms with Crippen LogP contribution in [-0.4, -0.2) is 65.4 Å². The number of rotatable bonds is 15. The molecule has 0 aliphatic heterocycles. The normalized spacial score (nSPS) is 12.5. The first-order chi connectivity index (χ1) is 23.5. The lowest BCUT2D eigenvalue weighted by Crippen LogP contribution is -2.54. The number of nitrogen functional groups attached to an aromatic ring is 2. The minimum atomic E-state index is -5.08. The van der Waals surface area contributed by atoms with Gasteiger partial charge in [0, 0.05) is 24.2 Å². The van der Waals surface area contributed by atoms with Gasteiger partial charge >= 0.3 is 12.1 Å². The number of carboxylic acids is 1. The third kappa shape index (κ3) is 13.9. The first-order valence-electron chi connectivity index (χ1n) is 15.1. The monoisotopic (exact) mass is 699 g/mol. The van der Waals surface area contributed by atoms with E-state index in [2.05, 4.69) is 16.0 Å². The third-order valence-electron chi connectivity index (χ3n) is 7.16. The van der Waals surface area contributed by atoms with E-state index < -0.39 is 42.0 Å². The van der Waals surface area contributed by atoms with Crippen LogP contribution in [0.5, 0.6) is 0 Å². The zero-order chi connectivity index (χ0) is 37.4. The summed E-state index contributed by atoms with van der Waals surface area (Å²) < 4.78 is 31.7. The molecule has 17 heteroatoms. The Bertz CT molecular complexity index is 1620. The van der Waals surface area contributed by atoms with Crippen molar-refractivity contribution in [2.45, 2.75) is 49.9 Å². The highest BCUT2D eigenvalue weighted by Gasteiger charge is 2.38. The molecule has 3 rings (SSSR count). The summed E-state index contributed by atoms with van der Waals surface area (Å²) in [5.74, 6) is -5.31. The van der Waals surface area contributed by atoms with E-state index in [4.69, 9.17) is 43.7 Å². The number of halogens is 3. The molecular weight excluding hydrogens is 659 g/mol. The molecule has 14 nitrogen and oxygen atoms in total. The van der Waals surface area contributed by atoms with Crippen molar-refractivity contribution in [3.8, 4) is 0 Å². The predicted molar refractivity (Wildman–Crippen MR) is 181 cm³/mol. The number of alkyl halides is 3. The van der Waals surface area contributed by atoms with Crippen molar-refractivity contribution < 1.29 is 37.5 Å². The number of amides is 3. The van der Waals surface area contributed by atoms with Crippen LogP contribution in [0.15, 0.2) is 78.9 Å². The van der Waals surface area contributed by atoms with Crippen LogP contribution in [0, 0.1) is 10.8 Å². The molecule has 0 spiro atoms. The van der Waals surface area contributed by atoms with Gasteiger partial charge in [0.05, 0.1) is 5.92 Å². The molecule has 0 bridgehead atoms. The lowest BCUT2D eigenvalue weighted by atomic mass is 9.90. The van der Waals surface area contributed by atoms with Gasteiger partial charge in [-0.2, -0.15) is 13.2 Å². The maximum Gasteiger partial charge on any atom is 0.490 e. The van der Waals surface area contributed by atoms with E-state index >= 15 is 0 Å². The molecule has 0 fully saturated rings. The number of nitrogens with one attached hydrogen (secondary N) is 5. The maximum absolute atomic E-state index is 13.9. The van der Waals surface area contributed by atoms with Crippen LogP contribution < -0.4 is 38.9 Å². The summed E-state index contributed by atoms with van der Waals surface area (Å²) in [6, 6.07) is 21.3. The van der Waals surface area contributed by atoms with E-state index in [1.165, 1.54) is 0 Å². The first-order valence-corrected chi connectivity index (χ1v) is 15.1. The average Bonchev–Trinajstić information content (AvgIpc) is 3.05. The Kier molecular flexibility index (Phi) is 15.2. The number of primary amides is 1. The summed E-state index contributed by atoms with van der Waals surface area (Å²) in [7, 11) is 0. The molecule has 14 N–H and O–H groups in total. The van der Waals surface area contributed by atoms with Crippen LogP contribution in [0.4, 0.5) is 18.9 Å². The van der Waals surface area contributed by atoms with E-state index in [-0.39, 0.29) is 30.5 Å². The van der Waals surface area contributed by atoms with Gasteiger partial charge in [0.1, 0.15) is 17.9 Å². The minimum absolute atomic E-state index is 0.0511. The molecule has 268 valence electrons. The fourth-order valence-electron chi connectivity index (χ4n) is 4.56. The predicted octanol–water partition coefficient (Wildman–Crippen LogP) is 1.47. The second kappa shape index (κ2) is 19.0. The van der Waals surface area contributed by atoms with Gasteiger partial charge in [-0.3, -0.25) is 25.2 Å². The standard InChI is InChI=1S/C31H39N9O3.C2HF3O2/c32-23-14-10-20(11-15-23)18-26(30(43)39-25(28(35)41)7-4-16-38-31(36)37)40-29(42)24(21-5-2-1-3-6-21)17-19-8-12-22(13-9-19)27(33)34;3-2(4,5)1(6)7/h1-3,5-6,8-15,24-26H,4,7,16-18,32H2,(H3,33,34)(H2,35,41)(H,39,43)(H,40,42)(H4,36,37,38);(H,6,7)/t24-,25+,26+;/m1./s1. The first kappa shape index (κ1) is 40.0. The molecule has 50 heavy (non-hydrogen) atoms. The van der Waals surface area contributed by atoms with Crippen molar-refractivity contribution in [2.75, 3.05) is 12.3 Å². The smallest absolute Gasteiger partial charge is 0.475 e. The lowest BCUT2D eigenvalue weighted by molar-refractivity contribution is -0.192. The highest BCUT2D eigenvalue weighted by molar-refractivity contribution is 5.95. The van der Waals surface area contributed by atoms with Gasteiger partial charge in [0.25, 0.3) is 0 Å². The fourth-order valence-corrected chi connectivity index (χ4v) is 4.56. The number of nitrogens with two attached hydrogens (primary N) is 4. The third-order valence-corrected chi connectivity index (χ3v) is 7.16. The van der Waals surface area contributed by atoms with Gasteiger partial charge in [-0.05, 0) is 48.1 Å². The zero-order valence-electron chi connectivity index (χ0n) is 26.8. The molecule has 0 saturated carbocycles. The quantitative estimate of drug-likeness (QED) is 0.0475. The van der Waals surface area contributed by atoms with Crippen LogP contribution in [0.1, 0.15) is 41.0 Å². The van der Waals surface area contributed by atoms with Crippen molar-refractivity contribution in [3.63, 3.8) is 0 Å². The molecular formula is C33H40F3N9O5. The number of anilines is 1. The SMILES string of the molecule is N=C(N)NCCC[C@H](NC(=O)[C@H](Cc1ccc(N)cc1)NC(=O)[C@H](Cc1ccc(C(=N)N)cc1)c1ccccc1)C(N)=O.O=C(O)C(F)(F)F. The van der Waals surface area contributed by atoms with Crippen LogP contribution in [0.2, 0.25) is 0 Å². The minimum Gasteiger partial charge on any atom is -0.475 e. The molecule has 0 aromatic heterocycles. The number of benzene rings is 3. The Balaban J connectivity index is 0.00000112. The molecule has 0 unspecified atom stereocenters. The van der Waals surface area contributed by atoms with Gasteiger partial charge in [-0.15, -0.1) is 0 Å². The van der Waals surface area contributed by atoms with Crippen molar-refractivity contribution in [1.29, 1.82) is 10.8 Å². The van der Waals surface area contributed by atoms with E-state index in [1.807, 2.05) is 42.5 Å². The summed E-state index contributed by atoms with van der Waals surface area (Å²) in [5.41, 5.74) is 25.8. The number of carbonyl (C=O) groups excluding carboxylic acids is 3. The summed E-state index contributed by atoms with van der Waals surface area (Å²) in [6.45, 7) is 0.326. The summed E-state index contributed by atoms with van der Waals surface area (Å²) in [5, 5.41) is 30.3. The van der Waals surface area contributed by atoms with Gasteiger partial charge < -0.3 is 44.0 Å². The molecule has 0 aliphatic rings. The van der Waals surface area contributed by atoms with E-state index in [0.29, 0.717) is 30.6 Å². The molecule has 0 aliphatic carbocycles. The molecule has 0 heterocycles. The van der Waals surface area contributed by atoms with Crippen molar-refractivity contribution in [3.05, 3.63) is 101 Å². The largest absolute Gasteiger partial charge is 0.490 e. The number of hydrogen-bond donors (Lipinski definition) is 10. The van der Waals surface area contributed by atoms with Crippen molar-refractivity contribution in [1.82, 2.24) is 16.0 Å². The van der Waals surface area contributed by atoms with Gasteiger partial charge in [-0.25, -0.2) is 4.79 Å². The number of carbonyl (C=O) groups is 4. The topological polar surface area (TPSA) is 276 Å². The number of aliphatic carboxylic acids is 1. The van der Waals surface area contributed by atoms with Crippen molar-refractivity contribution in [2.24, 2.45) is 17.2 Å². The Morgan fingerprint density at radius 3 is 1.78 bits per heavy atom. The number of hydrogen-bond acceptors (Lipinski definition) is 7. The Morgan fingerprint density at radius 1 is 0.760 bits per heavy atom. The van der Waals surface area contributed by atoms with E-state index in [9.17, 15) is 27.6 Å². The second-order valence-electron chi connectivity index (χ2n) is 11.0. The van der Waals surface area contributed by atoms with Gasteiger partial charge in [0.15, 0.2) is 5.96 Å².